The zero-order chi connectivity index (χ0) is 15.9. The summed E-state index contributed by atoms with van der Waals surface area (Å²) in [5, 5.41) is 4.05. The molecule has 118 valence electrons. The molecule has 0 saturated carbocycles. The molecule has 6 heteroatoms. The van der Waals surface area contributed by atoms with Crippen LogP contribution in [0.2, 0.25) is 0 Å². The fraction of sp³-hybridized carbons (Fsp3) is 0.500. The summed E-state index contributed by atoms with van der Waals surface area (Å²) < 4.78 is 7.10. The SMILES string of the molecule is Cc1cc(-n2c(C)cc(C(=O)N3CCCC(N)C3)c2C)no1. The van der Waals surface area contributed by atoms with Gasteiger partial charge in [-0.05, 0) is 39.7 Å². The molecule has 3 heterocycles. The average Bonchev–Trinajstić information content (AvgIpc) is 3.01. The molecule has 0 aromatic carbocycles. The zero-order valence-electron chi connectivity index (χ0n) is 13.3. The van der Waals surface area contributed by atoms with E-state index >= 15 is 0 Å². The molecule has 0 radical (unpaired) electrons. The summed E-state index contributed by atoms with van der Waals surface area (Å²) in [6, 6.07) is 3.87. The van der Waals surface area contributed by atoms with Crippen LogP contribution >= 0.6 is 0 Å². The Bertz CT molecular complexity index is 701. The van der Waals surface area contributed by atoms with Crippen LogP contribution in [0.3, 0.4) is 0 Å². The Kier molecular flexibility index (Phi) is 3.78. The highest BCUT2D eigenvalue weighted by molar-refractivity contribution is 5.96. The van der Waals surface area contributed by atoms with E-state index in [4.69, 9.17) is 10.3 Å². The number of aryl methyl sites for hydroxylation is 2. The maximum atomic E-state index is 12.8. The number of amides is 1. The van der Waals surface area contributed by atoms with E-state index in [1.165, 1.54) is 0 Å². The molecule has 1 fully saturated rings. The second-order valence-corrected chi connectivity index (χ2v) is 6.07. The van der Waals surface area contributed by atoms with Gasteiger partial charge in [-0.1, -0.05) is 5.16 Å². The highest BCUT2D eigenvalue weighted by Crippen LogP contribution is 2.23. The highest BCUT2D eigenvalue weighted by Gasteiger charge is 2.26. The lowest BCUT2D eigenvalue weighted by molar-refractivity contribution is 0.0708. The maximum Gasteiger partial charge on any atom is 0.255 e. The second kappa shape index (κ2) is 5.61. The molecule has 1 unspecified atom stereocenters. The molecular formula is C16H22N4O2. The van der Waals surface area contributed by atoms with Crippen LogP contribution in [0, 0.1) is 20.8 Å². The van der Waals surface area contributed by atoms with Crippen LogP contribution in [-0.2, 0) is 0 Å². The molecule has 22 heavy (non-hydrogen) atoms. The molecule has 1 saturated heterocycles. The van der Waals surface area contributed by atoms with Gasteiger partial charge in [0.15, 0.2) is 5.82 Å². The minimum atomic E-state index is 0.0507. The van der Waals surface area contributed by atoms with Crippen molar-refractivity contribution in [3.8, 4) is 5.82 Å². The van der Waals surface area contributed by atoms with E-state index in [1.807, 2.05) is 42.4 Å². The van der Waals surface area contributed by atoms with Crippen molar-refractivity contribution in [1.82, 2.24) is 14.6 Å². The summed E-state index contributed by atoms with van der Waals surface area (Å²) in [7, 11) is 0. The lowest BCUT2D eigenvalue weighted by atomic mass is 10.1. The van der Waals surface area contributed by atoms with Gasteiger partial charge in [-0.2, -0.15) is 0 Å². The van der Waals surface area contributed by atoms with Gasteiger partial charge < -0.3 is 15.2 Å². The Balaban J connectivity index is 1.93. The monoisotopic (exact) mass is 302 g/mol. The minimum Gasteiger partial charge on any atom is -0.360 e. The minimum absolute atomic E-state index is 0.0507. The Morgan fingerprint density at radius 2 is 2.14 bits per heavy atom. The molecule has 2 aromatic rings. The summed E-state index contributed by atoms with van der Waals surface area (Å²) in [5.41, 5.74) is 8.55. The quantitative estimate of drug-likeness (QED) is 0.920. The summed E-state index contributed by atoms with van der Waals surface area (Å²) in [5.74, 6) is 1.51. The molecule has 6 nitrogen and oxygen atoms in total. The number of likely N-dealkylation sites (tertiary alicyclic amines) is 1. The van der Waals surface area contributed by atoms with Crippen LogP contribution in [-0.4, -0.2) is 39.7 Å². The molecule has 0 spiro atoms. The van der Waals surface area contributed by atoms with E-state index in [1.54, 1.807) is 0 Å². The molecule has 1 aliphatic heterocycles. The number of nitrogens with two attached hydrogens (primary N) is 1. The molecule has 0 aliphatic carbocycles. The molecule has 3 rings (SSSR count). The predicted molar refractivity (Wildman–Crippen MR) is 83.2 cm³/mol. The average molecular weight is 302 g/mol. The summed E-state index contributed by atoms with van der Waals surface area (Å²) in [6.45, 7) is 7.17. The third kappa shape index (κ3) is 2.54. The lowest BCUT2D eigenvalue weighted by Gasteiger charge is -2.30. The van der Waals surface area contributed by atoms with E-state index in [2.05, 4.69) is 5.16 Å². The van der Waals surface area contributed by atoms with Crippen LogP contribution in [0.15, 0.2) is 16.7 Å². The second-order valence-electron chi connectivity index (χ2n) is 6.07. The van der Waals surface area contributed by atoms with Crippen molar-refractivity contribution in [3.05, 3.63) is 34.8 Å². The summed E-state index contributed by atoms with van der Waals surface area (Å²) in [4.78, 5) is 14.6. The van der Waals surface area contributed by atoms with Crippen molar-refractivity contribution in [2.75, 3.05) is 13.1 Å². The van der Waals surface area contributed by atoms with Crippen molar-refractivity contribution in [1.29, 1.82) is 0 Å². The van der Waals surface area contributed by atoms with E-state index in [9.17, 15) is 4.79 Å². The Morgan fingerprint density at radius 3 is 2.77 bits per heavy atom. The van der Waals surface area contributed by atoms with Crippen LogP contribution < -0.4 is 5.73 Å². The fourth-order valence-corrected chi connectivity index (χ4v) is 3.16. The van der Waals surface area contributed by atoms with Gasteiger partial charge in [-0.15, -0.1) is 0 Å². The first-order valence-electron chi connectivity index (χ1n) is 7.65. The van der Waals surface area contributed by atoms with Gasteiger partial charge in [-0.3, -0.25) is 9.36 Å². The predicted octanol–water partition coefficient (Wildman–Crippen LogP) is 1.95. The van der Waals surface area contributed by atoms with Crippen molar-refractivity contribution in [3.63, 3.8) is 0 Å². The van der Waals surface area contributed by atoms with E-state index in [-0.39, 0.29) is 11.9 Å². The van der Waals surface area contributed by atoms with Crippen molar-refractivity contribution >= 4 is 5.91 Å². The molecule has 2 N–H and O–H groups in total. The molecule has 1 aliphatic rings. The molecule has 1 atom stereocenters. The van der Waals surface area contributed by atoms with Crippen LogP contribution in [0.4, 0.5) is 0 Å². The van der Waals surface area contributed by atoms with Crippen LogP contribution in [0.25, 0.3) is 5.82 Å². The highest BCUT2D eigenvalue weighted by atomic mass is 16.5. The van der Waals surface area contributed by atoms with Gasteiger partial charge >= 0.3 is 0 Å². The van der Waals surface area contributed by atoms with Crippen molar-refractivity contribution in [2.45, 2.75) is 39.7 Å². The first kappa shape index (κ1) is 14.8. The topological polar surface area (TPSA) is 77.3 Å². The number of rotatable bonds is 2. The number of carbonyl (C=O) groups is 1. The largest absolute Gasteiger partial charge is 0.360 e. The first-order valence-corrected chi connectivity index (χ1v) is 7.65. The zero-order valence-corrected chi connectivity index (χ0v) is 13.3. The van der Waals surface area contributed by atoms with Crippen LogP contribution in [0.5, 0.6) is 0 Å². The molecule has 1 amide bonds. The number of aromatic nitrogens is 2. The van der Waals surface area contributed by atoms with E-state index in [0.29, 0.717) is 17.9 Å². The number of hydrogen-bond acceptors (Lipinski definition) is 4. The normalized spacial score (nSPS) is 18.7. The Morgan fingerprint density at radius 1 is 1.36 bits per heavy atom. The van der Waals surface area contributed by atoms with Gasteiger partial charge in [0.25, 0.3) is 5.91 Å². The van der Waals surface area contributed by atoms with E-state index < -0.39 is 0 Å². The Labute approximate surface area is 129 Å². The summed E-state index contributed by atoms with van der Waals surface area (Å²) >= 11 is 0. The molecular weight excluding hydrogens is 280 g/mol. The first-order chi connectivity index (χ1) is 10.5. The summed E-state index contributed by atoms with van der Waals surface area (Å²) in [6.07, 6.45) is 1.95. The lowest BCUT2D eigenvalue weighted by Crippen LogP contribution is -2.45. The van der Waals surface area contributed by atoms with Gasteiger partial charge in [-0.25, -0.2) is 0 Å². The van der Waals surface area contributed by atoms with Crippen LogP contribution in [0.1, 0.15) is 40.3 Å². The number of carbonyl (C=O) groups excluding carboxylic acids is 1. The maximum absolute atomic E-state index is 12.8. The van der Waals surface area contributed by atoms with Crippen molar-refractivity contribution in [2.24, 2.45) is 5.73 Å². The van der Waals surface area contributed by atoms with Gasteiger partial charge in [0, 0.05) is 36.6 Å². The van der Waals surface area contributed by atoms with Gasteiger partial charge in [0.2, 0.25) is 0 Å². The third-order valence-corrected chi connectivity index (χ3v) is 4.25. The van der Waals surface area contributed by atoms with Crippen molar-refractivity contribution < 1.29 is 9.32 Å². The van der Waals surface area contributed by atoms with E-state index in [0.717, 1.165) is 36.5 Å². The Hall–Kier alpha value is -2.08. The standard InChI is InChI=1S/C16H22N4O2/c1-10-7-14(16(21)19-6-4-5-13(17)9-19)12(3)20(10)15-8-11(2)22-18-15/h7-8,13H,4-6,9,17H2,1-3H3. The molecule has 2 aromatic heterocycles. The van der Waals surface area contributed by atoms with Gasteiger partial charge in [0.05, 0.1) is 5.56 Å². The number of hydrogen-bond donors (Lipinski definition) is 1. The molecule has 0 bridgehead atoms. The number of piperidine rings is 1. The third-order valence-electron chi connectivity index (χ3n) is 4.25. The number of nitrogens with zero attached hydrogens (tertiary/aromatic N) is 3. The smallest absolute Gasteiger partial charge is 0.255 e. The van der Waals surface area contributed by atoms with Gasteiger partial charge in [0.1, 0.15) is 5.76 Å². The fourth-order valence-electron chi connectivity index (χ4n) is 3.16.